The predicted molar refractivity (Wildman–Crippen MR) is 124 cm³/mol. The monoisotopic (exact) mass is 497 g/mol. The van der Waals surface area contributed by atoms with Crippen molar-refractivity contribution in [3.8, 4) is 0 Å². The number of nitrogens with one attached hydrogen (secondary N) is 1. The molecule has 4 rings (SSSR count). The van der Waals surface area contributed by atoms with E-state index in [1.165, 1.54) is 0 Å². The van der Waals surface area contributed by atoms with Gasteiger partial charge in [0.2, 0.25) is 5.91 Å². The molecule has 0 spiro atoms. The first-order valence-corrected chi connectivity index (χ1v) is 12.4. The lowest BCUT2D eigenvalue weighted by molar-refractivity contribution is -0.385. The van der Waals surface area contributed by atoms with Gasteiger partial charge in [-0.3, -0.25) is 14.9 Å². The molecule has 1 aromatic rings. The van der Waals surface area contributed by atoms with Crippen LogP contribution < -0.4 is 5.32 Å². The third-order valence-corrected chi connectivity index (χ3v) is 8.29. The number of hydrogen-bond acceptors (Lipinski definition) is 5. The number of alkyl halides is 3. The minimum Gasteiger partial charge on any atom is -0.381 e. The standard InChI is InChI=1S/C25H34F3N3O4/c1-15(2)24(7-4-19(12-24)29-21-6-9-35-14-16(21)3)23(32)30-8-5-20-17(13-30)10-18(25(26,27)28)11-22(20)31(33)34/h10-11,15-16,19,21,29H,4-9,12-14H2,1-3H3. The zero-order chi connectivity index (χ0) is 25.5. The van der Waals surface area contributed by atoms with Gasteiger partial charge in [0.1, 0.15) is 0 Å². The Morgan fingerprint density at radius 3 is 2.69 bits per heavy atom. The van der Waals surface area contributed by atoms with Crippen LogP contribution in [-0.2, 0) is 28.7 Å². The highest BCUT2D eigenvalue weighted by atomic mass is 19.4. The summed E-state index contributed by atoms with van der Waals surface area (Å²) in [5, 5.41) is 15.2. The summed E-state index contributed by atoms with van der Waals surface area (Å²) in [5.41, 5.74) is -1.65. The topological polar surface area (TPSA) is 84.7 Å². The highest BCUT2D eigenvalue weighted by Crippen LogP contribution is 2.47. The molecule has 4 unspecified atom stereocenters. The first kappa shape index (κ1) is 25.9. The number of fused-ring (bicyclic) bond motifs is 1. The van der Waals surface area contributed by atoms with E-state index in [0.717, 1.165) is 32.1 Å². The molecule has 2 heterocycles. The molecule has 3 aliphatic rings. The number of nitro groups is 1. The lowest BCUT2D eigenvalue weighted by atomic mass is 9.73. The maximum Gasteiger partial charge on any atom is 0.416 e. The van der Waals surface area contributed by atoms with Gasteiger partial charge >= 0.3 is 6.18 Å². The zero-order valence-corrected chi connectivity index (χ0v) is 20.5. The molecular formula is C25H34F3N3O4. The summed E-state index contributed by atoms with van der Waals surface area (Å²) >= 11 is 0. The van der Waals surface area contributed by atoms with E-state index in [0.29, 0.717) is 36.4 Å². The molecule has 0 aromatic heterocycles. The van der Waals surface area contributed by atoms with E-state index in [2.05, 4.69) is 12.2 Å². The molecule has 1 N–H and O–H groups in total. The summed E-state index contributed by atoms with van der Waals surface area (Å²) in [7, 11) is 0. The van der Waals surface area contributed by atoms with Crippen molar-refractivity contribution in [2.75, 3.05) is 19.8 Å². The molecule has 2 aliphatic heterocycles. The maximum atomic E-state index is 13.9. The van der Waals surface area contributed by atoms with Crippen LogP contribution in [0.5, 0.6) is 0 Å². The number of ether oxygens (including phenoxy) is 1. The number of carbonyl (C=O) groups is 1. The average molecular weight is 498 g/mol. The van der Waals surface area contributed by atoms with Gasteiger partial charge in [-0.15, -0.1) is 0 Å². The van der Waals surface area contributed by atoms with E-state index < -0.39 is 27.8 Å². The number of hydrogen-bond donors (Lipinski definition) is 1. The first-order valence-electron chi connectivity index (χ1n) is 12.4. The molecule has 4 atom stereocenters. The zero-order valence-electron chi connectivity index (χ0n) is 20.5. The first-order chi connectivity index (χ1) is 16.4. The van der Waals surface area contributed by atoms with E-state index in [-0.39, 0.29) is 42.9 Å². The number of rotatable bonds is 5. The van der Waals surface area contributed by atoms with Gasteiger partial charge in [-0.25, -0.2) is 0 Å². The lowest BCUT2D eigenvalue weighted by Crippen LogP contribution is -2.49. The summed E-state index contributed by atoms with van der Waals surface area (Å²) in [6.07, 6.45) is -1.34. The second-order valence-corrected chi connectivity index (χ2v) is 10.7. The molecule has 7 nitrogen and oxygen atoms in total. The van der Waals surface area contributed by atoms with E-state index >= 15 is 0 Å². The Labute approximate surface area is 203 Å². The number of benzene rings is 1. The van der Waals surface area contributed by atoms with Crippen molar-refractivity contribution in [3.05, 3.63) is 38.9 Å². The Morgan fingerprint density at radius 1 is 1.31 bits per heavy atom. The Bertz CT molecular complexity index is 983. The summed E-state index contributed by atoms with van der Waals surface area (Å²) in [6.45, 7) is 7.89. The van der Waals surface area contributed by atoms with Gasteiger partial charge in [-0.2, -0.15) is 13.2 Å². The van der Waals surface area contributed by atoms with Crippen LogP contribution in [0.15, 0.2) is 12.1 Å². The maximum absolute atomic E-state index is 13.9. The second kappa shape index (κ2) is 9.69. The van der Waals surface area contributed by atoms with Crippen molar-refractivity contribution >= 4 is 11.6 Å². The van der Waals surface area contributed by atoms with Crippen molar-refractivity contribution in [2.45, 2.75) is 77.7 Å². The van der Waals surface area contributed by atoms with Crippen molar-refractivity contribution in [2.24, 2.45) is 17.3 Å². The third-order valence-electron chi connectivity index (χ3n) is 8.29. The van der Waals surface area contributed by atoms with Gasteiger partial charge in [0, 0.05) is 43.4 Å². The molecule has 1 aliphatic carbocycles. The van der Waals surface area contributed by atoms with Crippen LogP contribution in [0.4, 0.5) is 18.9 Å². The third kappa shape index (κ3) is 5.05. The fourth-order valence-corrected chi connectivity index (χ4v) is 6.11. The number of halogens is 3. The number of nitrogens with zero attached hydrogens (tertiary/aromatic N) is 2. The molecule has 1 saturated heterocycles. The molecule has 1 saturated carbocycles. The van der Waals surface area contributed by atoms with Crippen molar-refractivity contribution in [3.63, 3.8) is 0 Å². The summed E-state index contributed by atoms with van der Waals surface area (Å²) < 4.78 is 45.8. The number of nitro benzene ring substituents is 1. The van der Waals surface area contributed by atoms with Crippen LogP contribution in [0.3, 0.4) is 0 Å². The smallest absolute Gasteiger partial charge is 0.381 e. The lowest BCUT2D eigenvalue weighted by Gasteiger charge is -2.40. The van der Waals surface area contributed by atoms with Gasteiger partial charge in [-0.05, 0) is 55.6 Å². The molecule has 10 heteroatoms. The Balaban J connectivity index is 1.55. The van der Waals surface area contributed by atoms with Crippen LogP contribution in [0, 0.1) is 27.4 Å². The van der Waals surface area contributed by atoms with Crippen LogP contribution in [0.25, 0.3) is 0 Å². The van der Waals surface area contributed by atoms with E-state index in [4.69, 9.17) is 4.74 Å². The molecular weight excluding hydrogens is 463 g/mol. The quantitative estimate of drug-likeness (QED) is 0.471. The van der Waals surface area contributed by atoms with Crippen molar-refractivity contribution in [1.82, 2.24) is 10.2 Å². The molecule has 0 bridgehead atoms. The van der Waals surface area contributed by atoms with Crippen LogP contribution >= 0.6 is 0 Å². The number of carbonyl (C=O) groups excluding carboxylic acids is 1. The van der Waals surface area contributed by atoms with E-state index in [1.807, 2.05) is 13.8 Å². The summed E-state index contributed by atoms with van der Waals surface area (Å²) in [4.78, 5) is 26.2. The molecule has 194 valence electrons. The van der Waals surface area contributed by atoms with Gasteiger partial charge in [-0.1, -0.05) is 20.8 Å². The summed E-state index contributed by atoms with van der Waals surface area (Å²) in [6, 6.07) is 2.11. The van der Waals surface area contributed by atoms with E-state index in [9.17, 15) is 28.1 Å². The molecule has 35 heavy (non-hydrogen) atoms. The normalized spacial score (nSPS) is 29.3. The highest BCUT2D eigenvalue weighted by Gasteiger charge is 2.50. The van der Waals surface area contributed by atoms with Crippen molar-refractivity contribution in [1.29, 1.82) is 0 Å². The van der Waals surface area contributed by atoms with Crippen molar-refractivity contribution < 1.29 is 27.6 Å². The average Bonchev–Trinajstić information content (AvgIpc) is 3.23. The molecule has 1 aromatic carbocycles. The minimum atomic E-state index is -4.70. The van der Waals surface area contributed by atoms with Gasteiger partial charge in [0.05, 0.1) is 22.5 Å². The Hall–Kier alpha value is -2.20. The minimum absolute atomic E-state index is 0.0392. The highest BCUT2D eigenvalue weighted by molar-refractivity contribution is 5.84. The second-order valence-electron chi connectivity index (χ2n) is 10.7. The van der Waals surface area contributed by atoms with Gasteiger partial charge in [0.15, 0.2) is 0 Å². The van der Waals surface area contributed by atoms with Gasteiger partial charge in [0.25, 0.3) is 5.69 Å². The molecule has 2 fully saturated rings. The van der Waals surface area contributed by atoms with Crippen LogP contribution in [0.2, 0.25) is 0 Å². The number of amides is 1. The summed E-state index contributed by atoms with van der Waals surface area (Å²) in [5.74, 6) is 0.402. The molecule has 0 radical (unpaired) electrons. The predicted octanol–water partition coefficient (Wildman–Crippen LogP) is 4.71. The SMILES string of the molecule is CC1COCCC1NC1CCC(C(=O)N2CCc3c(cc(C(F)(F)F)cc3[N+](=O)[O-])C2)(C(C)C)C1. The van der Waals surface area contributed by atoms with Gasteiger partial charge < -0.3 is 15.0 Å². The Morgan fingerprint density at radius 2 is 2.06 bits per heavy atom. The molecule has 1 amide bonds. The van der Waals surface area contributed by atoms with E-state index in [1.54, 1.807) is 4.90 Å². The fraction of sp³-hybridized carbons (Fsp3) is 0.720. The fourth-order valence-electron chi connectivity index (χ4n) is 6.11. The Kier molecular flexibility index (Phi) is 7.16. The largest absolute Gasteiger partial charge is 0.416 e. The van der Waals surface area contributed by atoms with Crippen LogP contribution in [0.1, 0.15) is 63.1 Å². The van der Waals surface area contributed by atoms with Crippen LogP contribution in [-0.4, -0.2) is 47.6 Å².